The summed E-state index contributed by atoms with van der Waals surface area (Å²) in [6, 6.07) is 0. The third-order valence-corrected chi connectivity index (χ3v) is 7.28. The molecule has 0 radical (unpaired) electrons. The summed E-state index contributed by atoms with van der Waals surface area (Å²) in [5, 5.41) is 0. The SMILES string of the molecule is CC1CCC(CCC2CCC(C3CCC(C=C(F)F)CC3)CO2)CC1. The molecule has 1 heterocycles. The highest BCUT2D eigenvalue weighted by Gasteiger charge is 2.31. The molecule has 0 amide bonds. The lowest BCUT2D eigenvalue weighted by Gasteiger charge is -2.37. The van der Waals surface area contributed by atoms with E-state index >= 15 is 0 Å². The lowest BCUT2D eigenvalue weighted by atomic mass is 9.73. The Morgan fingerprint density at radius 3 is 2.12 bits per heavy atom. The molecule has 0 aromatic carbocycles. The number of allylic oxidation sites excluding steroid dienone is 1. The summed E-state index contributed by atoms with van der Waals surface area (Å²) in [5.41, 5.74) is 0. The van der Waals surface area contributed by atoms with Gasteiger partial charge >= 0.3 is 0 Å². The average Bonchev–Trinajstić information content (AvgIpc) is 2.62. The Kier molecular flexibility index (Phi) is 7.33. The molecule has 3 heteroatoms. The van der Waals surface area contributed by atoms with E-state index in [-0.39, 0.29) is 5.92 Å². The van der Waals surface area contributed by atoms with Crippen molar-refractivity contribution >= 4 is 0 Å². The predicted molar refractivity (Wildman–Crippen MR) is 98.6 cm³/mol. The minimum Gasteiger partial charge on any atom is -0.378 e. The summed E-state index contributed by atoms with van der Waals surface area (Å²) >= 11 is 0. The molecule has 0 aromatic rings. The van der Waals surface area contributed by atoms with Crippen LogP contribution in [0.4, 0.5) is 8.78 Å². The lowest BCUT2D eigenvalue weighted by molar-refractivity contribution is -0.0440. The molecule has 0 N–H and O–H groups in total. The average molecular weight is 355 g/mol. The van der Waals surface area contributed by atoms with Crippen LogP contribution in [0.1, 0.15) is 84.0 Å². The van der Waals surface area contributed by atoms with Crippen molar-refractivity contribution in [3.05, 3.63) is 12.2 Å². The van der Waals surface area contributed by atoms with Crippen molar-refractivity contribution < 1.29 is 13.5 Å². The van der Waals surface area contributed by atoms with Gasteiger partial charge in [-0.25, -0.2) is 0 Å². The van der Waals surface area contributed by atoms with Crippen LogP contribution < -0.4 is 0 Å². The van der Waals surface area contributed by atoms with E-state index in [2.05, 4.69) is 6.92 Å². The fraction of sp³-hybridized carbons (Fsp3) is 0.909. The van der Waals surface area contributed by atoms with Crippen molar-refractivity contribution in [2.45, 2.75) is 90.1 Å². The summed E-state index contributed by atoms with van der Waals surface area (Å²) in [7, 11) is 0. The Morgan fingerprint density at radius 2 is 1.52 bits per heavy atom. The van der Waals surface area contributed by atoms with Crippen molar-refractivity contribution in [3.63, 3.8) is 0 Å². The molecule has 144 valence electrons. The van der Waals surface area contributed by atoms with E-state index in [1.54, 1.807) is 0 Å². The fourth-order valence-electron chi connectivity index (χ4n) is 5.43. The highest BCUT2D eigenvalue weighted by atomic mass is 19.3. The number of hydrogen-bond donors (Lipinski definition) is 0. The highest BCUT2D eigenvalue weighted by molar-refractivity contribution is 4.92. The molecular formula is C22H36F2O. The van der Waals surface area contributed by atoms with Crippen LogP contribution in [0.15, 0.2) is 12.2 Å². The van der Waals surface area contributed by atoms with Gasteiger partial charge in [0.1, 0.15) is 0 Å². The van der Waals surface area contributed by atoms with Gasteiger partial charge in [-0.2, -0.15) is 8.78 Å². The van der Waals surface area contributed by atoms with E-state index in [1.807, 2.05) is 0 Å². The van der Waals surface area contributed by atoms with E-state index in [9.17, 15) is 8.78 Å². The smallest absolute Gasteiger partial charge is 0.266 e. The number of rotatable bonds is 5. The van der Waals surface area contributed by atoms with Crippen molar-refractivity contribution in [1.82, 2.24) is 0 Å². The van der Waals surface area contributed by atoms with Crippen LogP contribution in [-0.4, -0.2) is 12.7 Å². The van der Waals surface area contributed by atoms with Crippen LogP contribution in [0.5, 0.6) is 0 Å². The largest absolute Gasteiger partial charge is 0.378 e. The first-order valence-corrected chi connectivity index (χ1v) is 10.7. The second-order valence-electron chi connectivity index (χ2n) is 9.13. The summed E-state index contributed by atoms with van der Waals surface area (Å²) in [6.07, 6.45) is 15.0. The van der Waals surface area contributed by atoms with Gasteiger partial charge in [-0.05, 0) is 87.0 Å². The number of halogens is 2. The lowest BCUT2D eigenvalue weighted by Crippen LogP contribution is -2.32. The fourth-order valence-corrected chi connectivity index (χ4v) is 5.43. The maximum absolute atomic E-state index is 12.4. The van der Waals surface area contributed by atoms with Gasteiger partial charge in [-0.3, -0.25) is 0 Å². The van der Waals surface area contributed by atoms with Gasteiger partial charge in [0.15, 0.2) is 0 Å². The van der Waals surface area contributed by atoms with E-state index in [4.69, 9.17) is 4.74 Å². The Labute approximate surface area is 152 Å². The number of ether oxygens (including phenoxy) is 1. The van der Waals surface area contributed by atoms with Crippen LogP contribution in [-0.2, 0) is 4.74 Å². The van der Waals surface area contributed by atoms with Gasteiger partial charge in [-0.1, -0.05) is 32.6 Å². The first-order chi connectivity index (χ1) is 12.1. The Balaban J connectivity index is 1.32. The maximum Gasteiger partial charge on any atom is 0.266 e. The van der Waals surface area contributed by atoms with Gasteiger partial charge in [0.2, 0.25) is 0 Å². The molecule has 3 aliphatic rings. The second kappa shape index (κ2) is 9.48. The van der Waals surface area contributed by atoms with Crippen LogP contribution >= 0.6 is 0 Å². The summed E-state index contributed by atoms with van der Waals surface area (Å²) < 4.78 is 31.0. The zero-order valence-corrected chi connectivity index (χ0v) is 15.9. The molecule has 2 unspecified atom stereocenters. The normalized spacial score (nSPS) is 39.8. The van der Waals surface area contributed by atoms with E-state index in [1.165, 1.54) is 57.4 Å². The molecule has 3 rings (SSSR count). The molecule has 0 aromatic heterocycles. The molecule has 25 heavy (non-hydrogen) atoms. The quantitative estimate of drug-likeness (QED) is 0.518. The number of hydrogen-bond acceptors (Lipinski definition) is 1. The van der Waals surface area contributed by atoms with Crippen molar-refractivity contribution in [2.75, 3.05) is 6.61 Å². The van der Waals surface area contributed by atoms with E-state index in [0.29, 0.717) is 17.9 Å². The molecule has 1 nitrogen and oxygen atoms in total. The predicted octanol–water partition coefficient (Wildman–Crippen LogP) is 6.97. The third-order valence-electron chi connectivity index (χ3n) is 7.28. The molecule has 2 atom stereocenters. The molecule has 2 saturated carbocycles. The third kappa shape index (κ3) is 6.05. The van der Waals surface area contributed by atoms with Crippen LogP contribution in [0.2, 0.25) is 0 Å². The standard InChI is InChI=1S/C22H36F2O/c1-16-2-4-17(5-3-16)8-12-21-13-11-20(15-25-21)19-9-6-18(7-10-19)14-22(23)24/h14,16-21H,2-13,15H2,1H3. The Morgan fingerprint density at radius 1 is 0.840 bits per heavy atom. The van der Waals surface area contributed by atoms with Crippen LogP contribution in [0, 0.1) is 29.6 Å². The summed E-state index contributed by atoms with van der Waals surface area (Å²) in [6.45, 7) is 3.30. The maximum atomic E-state index is 12.4. The summed E-state index contributed by atoms with van der Waals surface area (Å²) in [5.74, 6) is 3.36. The highest BCUT2D eigenvalue weighted by Crippen LogP contribution is 2.39. The molecule has 2 aliphatic carbocycles. The second-order valence-corrected chi connectivity index (χ2v) is 9.13. The summed E-state index contributed by atoms with van der Waals surface area (Å²) in [4.78, 5) is 0. The molecule has 0 bridgehead atoms. The van der Waals surface area contributed by atoms with Crippen LogP contribution in [0.25, 0.3) is 0 Å². The molecule has 1 aliphatic heterocycles. The van der Waals surface area contributed by atoms with Gasteiger partial charge < -0.3 is 4.74 Å². The Bertz CT molecular complexity index is 408. The van der Waals surface area contributed by atoms with Gasteiger partial charge in [0.05, 0.1) is 12.7 Å². The molecule has 0 spiro atoms. The van der Waals surface area contributed by atoms with Gasteiger partial charge in [0.25, 0.3) is 6.08 Å². The first kappa shape index (κ1) is 19.3. The molecular weight excluding hydrogens is 318 g/mol. The van der Waals surface area contributed by atoms with Gasteiger partial charge in [0, 0.05) is 0 Å². The zero-order chi connectivity index (χ0) is 17.6. The minimum absolute atomic E-state index is 0.108. The van der Waals surface area contributed by atoms with Gasteiger partial charge in [-0.15, -0.1) is 0 Å². The van der Waals surface area contributed by atoms with Crippen LogP contribution in [0.3, 0.4) is 0 Å². The minimum atomic E-state index is -1.50. The van der Waals surface area contributed by atoms with E-state index < -0.39 is 6.08 Å². The topological polar surface area (TPSA) is 9.23 Å². The van der Waals surface area contributed by atoms with E-state index in [0.717, 1.165) is 44.1 Å². The van der Waals surface area contributed by atoms with Crippen molar-refractivity contribution in [1.29, 1.82) is 0 Å². The Hall–Kier alpha value is -0.440. The monoisotopic (exact) mass is 354 g/mol. The van der Waals surface area contributed by atoms with Crippen molar-refractivity contribution in [2.24, 2.45) is 29.6 Å². The molecule has 3 fully saturated rings. The van der Waals surface area contributed by atoms with Crippen molar-refractivity contribution in [3.8, 4) is 0 Å². The molecule has 1 saturated heterocycles. The zero-order valence-electron chi connectivity index (χ0n) is 15.9. The first-order valence-electron chi connectivity index (χ1n) is 10.7.